The van der Waals surface area contributed by atoms with Gasteiger partial charge in [0.1, 0.15) is 0 Å². The predicted molar refractivity (Wildman–Crippen MR) is 82.7 cm³/mol. The first-order chi connectivity index (χ1) is 10.1. The van der Waals surface area contributed by atoms with Gasteiger partial charge in [0.15, 0.2) is 0 Å². The molecular formula is C15H16ClNO3S. The van der Waals surface area contributed by atoms with Crippen LogP contribution in [0.2, 0.25) is 5.02 Å². The van der Waals surface area contributed by atoms with E-state index in [0.29, 0.717) is 18.2 Å². The molecule has 4 nitrogen and oxygen atoms in total. The van der Waals surface area contributed by atoms with Crippen molar-refractivity contribution in [3.63, 3.8) is 0 Å². The second-order valence-electron chi connectivity index (χ2n) is 4.39. The lowest BCUT2D eigenvalue weighted by molar-refractivity contribution is 0.126. The molecule has 0 atom stereocenters. The van der Waals surface area contributed by atoms with E-state index in [9.17, 15) is 8.42 Å². The van der Waals surface area contributed by atoms with Crippen molar-refractivity contribution in [2.24, 2.45) is 0 Å². The van der Waals surface area contributed by atoms with E-state index in [1.54, 1.807) is 12.1 Å². The van der Waals surface area contributed by atoms with Crippen molar-refractivity contribution >= 4 is 21.6 Å². The molecule has 0 bridgehead atoms. The highest BCUT2D eigenvalue weighted by Gasteiger charge is 2.12. The van der Waals surface area contributed by atoms with Gasteiger partial charge in [0.25, 0.3) is 0 Å². The zero-order valence-corrected chi connectivity index (χ0v) is 12.9. The lowest BCUT2D eigenvalue weighted by Gasteiger charge is -2.07. The van der Waals surface area contributed by atoms with Gasteiger partial charge in [-0.25, -0.2) is 13.1 Å². The van der Waals surface area contributed by atoms with Crippen LogP contribution in [0.4, 0.5) is 0 Å². The number of ether oxygens (including phenoxy) is 1. The molecule has 0 aromatic heterocycles. The van der Waals surface area contributed by atoms with E-state index in [1.165, 1.54) is 12.1 Å². The summed E-state index contributed by atoms with van der Waals surface area (Å²) in [5.74, 6) is 0. The molecule has 0 unspecified atom stereocenters. The largest absolute Gasteiger partial charge is 0.375 e. The van der Waals surface area contributed by atoms with Crippen LogP contribution in [0.1, 0.15) is 5.56 Å². The third kappa shape index (κ3) is 5.13. The standard InChI is InChI=1S/C15H16ClNO3S/c16-14-6-8-15(9-7-14)21(18,19)17-10-11-20-12-13-4-2-1-3-5-13/h1-9,17H,10-12H2. The third-order valence-electron chi connectivity index (χ3n) is 2.77. The fourth-order valence-electron chi connectivity index (χ4n) is 1.71. The summed E-state index contributed by atoms with van der Waals surface area (Å²) in [5.41, 5.74) is 1.05. The Kier molecular flexibility index (Phi) is 5.76. The molecule has 2 rings (SSSR count). The van der Waals surface area contributed by atoms with Crippen LogP contribution < -0.4 is 4.72 Å². The summed E-state index contributed by atoms with van der Waals surface area (Å²) in [6, 6.07) is 15.7. The summed E-state index contributed by atoms with van der Waals surface area (Å²) in [7, 11) is -3.51. The van der Waals surface area contributed by atoms with E-state index < -0.39 is 10.0 Å². The number of sulfonamides is 1. The van der Waals surface area contributed by atoms with Gasteiger partial charge >= 0.3 is 0 Å². The van der Waals surface area contributed by atoms with Gasteiger partial charge in [0.2, 0.25) is 10.0 Å². The van der Waals surface area contributed by atoms with Crippen molar-refractivity contribution in [1.29, 1.82) is 0 Å². The molecule has 0 aliphatic carbocycles. The zero-order chi connectivity index (χ0) is 15.1. The highest BCUT2D eigenvalue weighted by molar-refractivity contribution is 7.89. The van der Waals surface area contributed by atoms with Crippen molar-refractivity contribution in [3.8, 4) is 0 Å². The van der Waals surface area contributed by atoms with Gasteiger partial charge in [-0.2, -0.15) is 0 Å². The van der Waals surface area contributed by atoms with Gasteiger partial charge in [-0.1, -0.05) is 41.9 Å². The van der Waals surface area contributed by atoms with Crippen LogP contribution in [0.3, 0.4) is 0 Å². The molecule has 0 saturated carbocycles. The predicted octanol–water partition coefficient (Wildman–Crippen LogP) is 2.84. The Morgan fingerprint density at radius 1 is 1.00 bits per heavy atom. The first-order valence-electron chi connectivity index (χ1n) is 6.45. The van der Waals surface area contributed by atoms with E-state index in [4.69, 9.17) is 16.3 Å². The summed E-state index contributed by atoms with van der Waals surface area (Å²) in [6.45, 7) is 0.989. The molecule has 0 radical (unpaired) electrons. The number of nitrogens with one attached hydrogen (secondary N) is 1. The van der Waals surface area contributed by atoms with Crippen LogP contribution in [0.15, 0.2) is 59.5 Å². The summed E-state index contributed by atoms with van der Waals surface area (Å²) in [5, 5.41) is 0.500. The van der Waals surface area contributed by atoms with Crippen molar-refractivity contribution in [2.75, 3.05) is 13.2 Å². The molecule has 2 aromatic carbocycles. The van der Waals surface area contributed by atoms with Crippen molar-refractivity contribution in [2.45, 2.75) is 11.5 Å². The lowest BCUT2D eigenvalue weighted by atomic mass is 10.2. The molecule has 21 heavy (non-hydrogen) atoms. The number of hydrogen-bond acceptors (Lipinski definition) is 3. The van der Waals surface area contributed by atoms with Crippen LogP contribution in [-0.2, 0) is 21.4 Å². The molecule has 0 aliphatic heterocycles. The number of halogens is 1. The molecule has 0 fully saturated rings. The van der Waals surface area contributed by atoms with Crippen molar-refractivity contribution in [3.05, 3.63) is 65.2 Å². The Morgan fingerprint density at radius 3 is 2.33 bits per heavy atom. The zero-order valence-electron chi connectivity index (χ0n) is 11.3. The Bertz CT molecular complexity index is 657. The number of benzene rings is 2. The van der Waals surface area contributed by atoms with Gasteiger partial charge in [-0.15, -0.1) is 0 Å². The smallest absolute Gasteiger partial charge is 0.240 e. The van der Waals surface area contributed by atoms with E-state index >= 15 is 0 Å². The second kappa shape index (κ2) is 7.56. The second-order valence-corrected chi connectivity index (χ2v) is 6.59. The van der Waals surface area contributed by atoms with Gasteiger partial charge in [-0.3, -0.25) is 0 Å². The van der Waals surface area contributed by atoms with E-state index in [0.717, 1.165) is 5.56 Å². The Morgan fingerprint density at radius 2 is 1.67 bits per heavy atom. The topological polar surface area (TPSA) is 55.4 Å². The fourth-order valence-corrected chi connectivity index (χ4v) is 2.85. The summed E-state index contributed by atoms with van der Waals surface area (Å²) >= 11 is 5.73. The highest BCUT2D eigenvalue weighted by Crippen LogP contribution is 2.13. The normalized spacial score (nSPS) is 11.5. The van der Waals surface area contributed by atoms with E-state index in [-0.39, 0.29) is 11.4 Å². The van der Waals surface area contributed by atoms with Crippen LogP contribution in [0.5, 0.6) is 0 Å². The maximum atomic E-state index is 12.0. The number of rotatable bonds is 7. The maximum Gasteiger partial charge on any atom is 0.240 e. The highest BCUT2D eigenvalue weighted by atomic mass is 35.5. The van der Waals surface area contributed by atoms with E-state index in [1.807, 2.05) is 30.3 Å². The molecule has 0 aliphatic rings. The average molecular weight is 326 g/mol. The number of hydrogen-bond donors (Lipinski definition) is 1. The molecule has 112 valence electrons. The minimum atomic E-state index is -3.51. The fraction of sp³-hybridized carbons (Fsp3) is 0.200. The molecule has 0 saturated heterocycles. The SMILES string of the molecule is O=S(=O)(NCCOCc1ccccc1)c1ccc(Cl)cc1. The van der Waals surface area contributed by atoms with Crippen LogP contribution in [0.25, 0.3) is 0 Å². The van der Waals surface area contributed by atoms with Crippen LogP contribution in [0, 0.1) is 0 Å². The third-order valence-corrected chi connectivity index (χ3v) is 4.50. The van der Waals surface area contributed by atoms with Gasteiger partial charge in [0.05, 0.1) is 18.1 Å². The summed E-state index contributed by atoms with van der Waals surface area (Å²) in [4.78, 5) is 0.190. The molecule has 0 heterocycles. The van der Waals surface area contributed by atoms with Gasteiger partial charge in [-0.05, 0) is 29.8 Å². The molecule has 0 spiro atoms. The first kappa shape index (κ1) is 16.0. The molecule has 6 heteroatoms. The Hall–Kier alpha value is -1.40. The quantitative estimate of drug-likeness (QED) is 0.796. The molecule has 0 amide bonds. The van der Waals surface area contributed by atoms with Crippen molar-refractivity contribution in [1.82, 2.24) is 4.72 Å². The van der Waals surface area contributed by atoms with Crippen LogP contribution >= 0.6 is 11.6 Å². The molecular weight excluding hydrogens is 310 g/mol. The van der Waals surface area contributed by atoms with Gasteiger partial charge in [0, 0.05) is 11.6 Å². The minimum absolute atomic E-state index is 0.190. The molecule has 1 N–H and O–H groups in total. The van der Waals surface area contributed by atoms with E-state index in [2.05, 4.69) is 4.72 Å². The summed E-state index contributed by atoms with van der Waals surface area (Å²) < 4.78 is 31.8. The Labute approximate surface area is 129 Å². The van der Waals surface area contributed by atoms with Crippen molar-refractivity contribution < 1.29 is 13.2 Å². The first-order valence-corrected chi connectivity index (χ1v) is 8.31. The van der Waals surface area contributed by atoms with Gasteiger partial charge < -0.3 is 4.74 Å². The monoisotopic (exact) mass is 325 g/mol. The lowest BCUT2D eigenvalue weighted by Crippen LogP contribution is -2.27. The molecule has 2 aromatic rings. The Balaban J connectivity index is 1.76. The minimum Gasteiger partial charge on any atom is -0.375 e. The summed E-state index contributed by atoms with van der Waals surface area (Å²) in [6.07, 6.45) is 0. The van der Waals surface area contributed by atoms with Crippen LogP contribution in [-0.4, -0.2) is 21.6 Å². The maximum absolute atomic E-state index is 12.0. The average Bonchev–Trinajstić information content (AvgIpc) is 2.48.